The Hall–Kier alpha value is -1.62. The third-order valence-corrected chi connectivity index (χ3v) is 4.17. The smallest absolute Gasteiger partial charge is 0.223 e. The summed E-state index contributed by atoms with van der Waals surface area (Å²) < 4.78 is 7.72. The lowest BCUT2D eigenvalue weighted by Crippen LogP contribution is -2.41. The van der Waals surface area contributed by atoms with Crippen LogP contribution in [0.3, 0.4) is 0 Å². The van der Waals surface area contributed by atoms with Gasteiger partial charge >= 0.3 is 0 Å². The van der Waals surface area contributed by atoms with Crippen molar-refractivity contribution in [1.82, 2.24) is 14.9 Å². The number of imidazole rings is 1. The van der Waals surface area contributed by atoms with Crippen LogP contribution in [-0.4, -0.2) is 28.1 Å². The molecule has 1 aliphatic carbocycles. The van der Waals surface area contributed by atoms with Crippen molar-refractivity contribution in [2.45, 2.75) is 37.8 Å². The highest BCUT2D eigenvalue weighted by molar-refractivity contribution is 5.79. The third-order valence-electron chi connectivity index (χ3n) is 4.17. The standard InChI is InChI=1S/C15H21N3O2/c1-18-9-8-16-14(18)13-12(7-10-20-13)17-15(19)11-5-3-2-4-6-11/h2-3,8-9,11-13H,4-7,10H2,1H3,(H,17,19)/t11-,12+,13+/m1/s1. The van der Waals surface area contributed by atoms with Gasteiger partial charge in [-0.05, 0) is 25.7 Å². The average molecular weight is 275 g/mol. The molecular formula is C15H21N3O2. The van der Waals surface area contributed by atoms with Crippen LogP contribution >= 0.6 is 0 Å². The summed E-state index contributed by atoms with van der Waals surface area (Å²) >= 11 is 0. The maximum atomic E-state index is 12.3. The fourth-order valence-electron chi connectivity index (χ4n) is 2.98. The molecule has 0 bridgehead atoms. The van der Waals surface area contributed by atoms with Crippen molar-refractivity contribution in [3.05, 3.63) is 30.4 Å². The second-order valence-corrected chi connectivity index (χ2v) is 5.57. The summed E-state index contributed by atoms with van der Waals surface area (Å²) in [7, 11) is 1.95. The highest BCUT2D eigenvalue weighted by Crippen LogP contribution is 2.28. The van der Waals surface area contributed by atoms with Crippen molar-refractivity contribution in [2.75, 3.05) is 6.61 Å². The number of nitrogens with zero attached hydrogens (tertiary/aromatic N) is 2. The molecule has 2 heterocycles. The Balaban J connectivity index is 1.65. The van der Waals surface area contributed by atoms with E-state index in [1.807, 2.05) is 17.8 Å². The first-order valence-corrected chi connectivity index (χ1v) is 7.30. The molecule has 20 heavy (non-hydrogen) atoms. The van der Waals surface area contributed by atoms with Gasteiger partial charge in [-0.3, -0.25) is 4.79 Å². The molecule has 1 aromatic rings. The first-order chi connectivity index (χ1) is 9.75. The van der Waals surface area contributed by atoms with E-state index in [2.05, 4.69) is 22.5 Å². The zero-order valence-electron chi connectivity index (χ0n) is 11.8. The molecule has 108 valence electrons. The molecule has 0 aromatic carbocycles. The lowest BCUT2D eigenvalue weighted by Gasteiger charge is -2.23. The Morgan fingerprint density at radius 2 is 2.35 bits per heavy atom. The summed E-state index contributed by atoms with van der Waals surface area (Å²) in [6, 6.07) is 0.0366. The van der Waals surface area contributed by atoms with Crippen LogP contribution in [0.1, 0.15) is 37.6 Å². The monoisotopic (exact) mass is 275 g/mol. The number of allylic oxidation sites excluding steroid dienone is 2. The van der Waals surface area contributed by atoms with E-state index in [4.69, 9.17) is 4.74 Å². The van der Waals surface area contributed by atoms with Gasteiger partial charge in [-0.25, -0.2) is 4.98 Å². The molecule has 0 radical (unpaired) electrons. The lowest BCUT2D eigenvalue weighted by molar-refractivity contribution is -0.126. The molecule has 0 unspecified atom stereocenters. The zero-order chi connectivity index (χ0) is 13.9. The molecule has 5 heteroatoms. The molecule has 5 nitrogen and oxygen atoms in total. The van der Waals surface area contributed by atoms with Crippen LogP contribution in [0.25, 0.3) is 0 Å². The minimum Gasteiger partial charge on any atom is -0.368 e. The molecule has 2 aliphatic rings. The van der Waals surface area contributed by atoms with Gasteiger partial charge in [0, 0.05) is 32.0 Å². The maximum absolute atomic E-state index is 12.3. The van der Waals surface area contributed by atoms with Gasteiger partial charge in [0.25, 0.3) is 0 Å². The van der Waals surface area contributed by atoms with Crippen molar-refractivity contribution in [2.24, 2.45) is 13.0 Å². The van der Waals surface area contributed by atoms with Crippen LogP contribution in [-0.2, 0) is 16.6 Å². The fraction of sp³-hybridized carbons (Fsp3) is 0.600. The lowest BCUT2D eigenvalue weighted by atomic mass is 9.93. The van der Waals surface area contributed by atoms with Crippen molar-refractivity contribution in [3.8, 4) is 0 Å². The number of aryl methyl sites for hydroxylation is 1. The SMILES string of the molecule is Cn1ccnc1[C@H]1OCC[C@@H]1NC(=O)[C@@H]1CC=CCC1. The van der Waals surface area contributed by atoms with Gasteiger partial charge in [-0.15, -0.1) is 0 Å². The number of carbonyl (C=O) groups excluding carboxylic acids is 1. The van der Waals surface area contributed by atoms with Crippen LogP contribution in [0.15, 0.2) is 24.5 Å². The van der Waals surface area contributed by atoms with Crippen molar-refractivity contribution in [3.63, 3.8) is 0 Å². The summed E-state index contributed by atoms with van der Waals surface area (Å²) in [5.74, 6) is 1.16. The van der Waals surface area contributed by atoms with Gasteiger partial charge in [-0.1, -0.05) is 12.2 Å². The van der Waals surface area contributed by atoms with E-state index < -0.39 is 0 Å². The Bertz CT molecular complexity index is 509. The molecule has 0 saturated carbocycles. The number of amides is 1. The first kappa shape index (κ1) is 13.4. The second kappa shape index (κ2) is 5.79. The van der Waals surface area contributed by atoms with Gasteiger partial charge in [0.15, 0.2) is 0 Å². The maximum Gasteiger partial charge on any atom is 0.223 e. The van der Waals surface area contributed by atoms with Gasteiger partial charge in [0.2, 0.25) is 5.91 Å². The normalized spacial score (nSPS) is 29.6. The number of rotatable bonds is 3. The second-order valence-electron chi connectivity index (χ2n) is 5.57. The molecule has 0 spiro atoms. The highest BCUT2D eigenvalue weighted by Gasteiger charge is 2.34. The van der Waals surface area contributed by atoms with E-state index in [-0.39, 0.29) is 24.0 Å². The number of nitrogens with one attached hydrogen (secondary N) is 1. The topological polar surface area (TPSA) is 56.1 Å². The molecule has 1 amide bonds. The molecule has 1 N–H and O–H groups in total. The van der Waals surface area contributed by atoms with Crippen molar-refractivity contribution in [1.29, 1.82) is 0 Å². The summed E-state index contributed by atoms with van der Waals surface area (Å²) in [6.45, 7) is 0.674. The number of carbonyl (C=O) groups is 1. The molecule has 1 saturated heterocycles. The van der Waals surface area contributed by atoms with Crippen molar-refractivity contribution < 1.29 is 9.53 Å². The van der Waals surface area contributed by atoms with Crippen LogP contribution in [0.4, 0.5) is 0 Å². The summed E-state index contributed by atoms with van der Waals surface area (Å²) in [5.41, 5.74) is 0. The quantitative estimate of drug-likeness (QED) is 0.855. The minimum absolute atomic E-state index is 0.0366. The largest absolute Gasteiger partial charge is 0.368 e. The number of aromatic nitrogens is 2. The number of hydrogen-bond acceptors (Lipinski definition) is 3. The molecule has 3 atom stereocenters. The van der Waals surface area contributed by atoms with E-state index in [1.165, 1.54) is 0 Å². The van der Waals surface area contributed by atoms with E-state index in [1.54, 1.807) is 6.20 Å². The Labute approximate surface area is 119 Å². The highest BCUT2D eigenvalue weighted by atomic mass is 16.5. The minimum atomic E-state index is -0.127. The van der Waals surface area contributed by atoms with Gasteiger partial charge in [0.05, 0.1) is 6.04 Å². The molecule has 3 rings (SSSR count). The van der Waals surface area contributed by atoms with Crippen molar-refractivity contribution >= 4 is 5.91 Å². The van der Waals surface area contributed by atoms with Crippen LogP contribution in [0.5, 0.6) is 0 Å². The summed E-state index contributed by atoms with van der Waals surface area (Å²) in [5, 5.41) is 3.16. The Kier molecular flexibility index (Phi) is 3.87. The Morgan fingerprint density at radius 1 is 1.45 bits per heavy atom. The van der Waals surface area contributed by atoms with Crippen LogP contribution in [0, 0.1) is 5.92 Å². The van der Waals surface area contributed by atoms with E-state index in [0.717, 1.165) is 31.5 Å². The van der Waals surface area contributed by atoms with Crippen LogP contribution < -0.4 is 5.32 Å². The van der Waals surface area contributed by atoms with Gasteiger partial charge in [0.1, 0.15) is 11.9 Å². The number of ether oxygens (including phenoxy) is 1. The van der Waals surface area contributed by atoms with Gasteiger partial charge in [-0.2, -0.15) is 0 Å². The van der Waals surface area contributed by atoms with E-state index >= 15 is 0 Å². The van der Waals surface area contributed by atoms with Crippen LogP contribution in [0.2, 0.25) is 0 Å². The molecule has 1 fully saturated rings. The summed E-state index contributed by atoms with van der Waals surface area (Å²) in [4.78, 5) is 16.7. The molecular weight excluding hydrogens is 254 g/mol. The van der Waals surface area contributed by atoms with E-state index in [9.17, 15) is 4.79 Å². The van der Waals surface area contributed by atoms with E-state index in [0.29, 0.717) is 6.61 Å². The molecule has 1 aromatic heterocycles. The fourth-order valence-corrected chi connectivity index (χ4v) is 2.98. The number of hydrogen-bond donors (Lipinski definition) is 1. The Morgan fingerprint density at radius 3 is 3.05 bits per heavy atom. The first-order valence-electron chi connectivity index (χ1n) is 7.30. The third kappa shape index (κ3) is 2.63. The zero-order valence-corrected chi connectivity index (χ0v) is 11.8. The predicted octanol–water partition coefficient (Wildman–Crippen LogP) is 1.72. The average Bonchev–Trinajstić information content (AvgIpc) is 3.08. The summed E-state index contributed by atoms with van der Waals surface area (Å²) in [6.07, 6.45) is 11.5. The van der Waals surface area contributed by atoms with Gasteiger partial charge < -0.3 is 14.6 Å². The molecule has 1 aliphatic heterocycles. The predicted molar refractivity (Wildman–Crippen MR) is 74.9 cm³/mol.